The molecule has 0 unspecified atom stereocenters. The summed E-state index contributed by atoms with van der Waals surface area (Å²) in [6, 6.07) is 66.5. The van der Waals surface area contributed by atoms with E-state index in [9.17, 15) is 0 Å². The van der Waals surface area contributed by atoms with Gasteiger partial charge in [0.1, 0.15) is 0 Å². The summed E-state index contributed by atoms with van der Waals surface area (Å²) in [6.45, 7) is 0. The number of thiophene rings is 1. The highest BCUT2D eigenvalue weighted by Crippen LogP contribution is 2.46. The van der Waals surface area contributed by atoms with Crippen LogP contribution in [0.2, 0.25) is 0 Å². The number of rotatable bonds is 6. The number of para-hydroxylation sites is 2. The topological polar surface area (TPSA) is 6.48 Å². The third-order valence-corrected chi connectivity index (χ3v) is 11.4. The highest BCUT2D eigenvalue weighted by Gasteiger charge is 2.23. The van der Waals surface area contributed by atoms with Gasteiger partial charge in [-0.3, -0.25) is 0 Å². The molecule has 51 heavy (non-hydrogen) atoms. The molecule has 0 N–H and O–H groups in total. The van der Waals surface area contributed by atoms with Crippen molar-refractivity contribution in [1.29, 1.82) is 0 Å². The fourth-order valence-electron chi connectivity index (χ4n) is 7.94. The Morgan fingerprint density at radius 2 is 0.941 bits per heavy atom. The molecule has 242 valence electrons. The van der Waals surface area contributed by atoms with Gasteiger partial charge in [0.2, 0.25) is 0 Å². The molecule has 0 bridgehead atoms. The van der Waals surface area contributed by atoms with Gasteiger partial charge in [-0.15, -0.1) is 11.3 Å². The predicted molar refractivity (Wildman–Crippen MR) is 219 cm³/mol. The van der Waals surface area contributed by atoms with Gasteiger partial charge in [-0.25, -0.2) is 0 Å². The molecule has 1 aliphatic carbocycles. The highest BCUT2D eigenvalue weighted by atomic mass is 32.1. The molecule has 1 aromatic heterocycles. The predicted octanol–water partition coefficient (Wildman–Crippen LogP) is 13.9. The maximum Gasteiger partial charge on any atom is 0.0499 e. The Balaban J connectivity index is 1.10. The molecular weight excluding hydrogens is 637 g/mol. The van der Waals surface area contributed by atoms with E-state index >= 15 is 0 Å². The molecule has 10 rings (SSSR count). The van der Waals surface area contributed by atoms with Crippen molar-refractivity contribution in [2.75, 3.05) is 9.80 Å². The minimum Gasteiger partial charge on any atom is -0.310 e. The Labute approximate surface area is 302 Å². The minimum absolute atomic E-state index is 1.02. The summed E-state index contributed by atoms with van der Waals surface area (Å²) >= 11 is 1.87. The van der Waals surface area contributed by atoms with Crippen LogP contribution in [0.5, 0.6) is 0 Å². The van der Waals surface area contributed by atoms with Crippen LogP contribution in [-0.2, 0) is 12.8 Å². The van der Waals surface area contributed by atoms with E-state index in [2.05, 4.69) is 192 Å². The van der Waals surface area contributed by atoms with Crippen LogP contribution < -0.4 is 9.80 Å². The van der Waals surface area contributed by atoms with Gasteiger partial charge in [-0.05, 0) is 113 Å². The molecule has 2 nitrogen and oxygen atoms in total. The summed E-state index contributed by atoms with van der Waals surface area (Å²) in [4.78, 5) is 4.83. The largest absolute Gasteiger partial charge is 0.310 e. The van der Waals surface area contributed by atoms with Gasteiger partial charge in [0.25, 0.3) is 0 Å². The molecule has 0 radical (unpaired) electrons. The lowest BCUT2D eigenvalue weighted by Gasteiger charge is -2.31. The molecule has 0 fully saturated rings. The van der Waals surface area contributed by atoms with Crippen molar-refractivity contribution >= 4 is 76.4 Å². The number of anilines is 6. The maximum absolute atomic E-state index is 2.46. The number of nitrogens with zero attached hydrogens (tertiary/aromatic N) is 2. The van der Waals surface area contributed by atoms with E-state index in [1.54, 1.807) is 0 Å². The third kappa shape index (κ3) is 5.17. The lowest BCUT2D eigenvalue weighted by Crippen LogP contribution is -2.15. The molecule has 0 amide bonds. The van der Waals surface area contributed by atoms with Crippen molar-refractivity contribution in [3.63, 3.8) is 0 Å². The van der Waals surface area contributed by atoms with Gasteiger partial charge in [0, 0.05) is 54.3 Å². The SMILES string of the molecule is c1ccc(N(c2ccc3ccccc3c2)c2ccc3c(c2)sc2cc(N(c4ccccc4)c4cccc5c4CCc4ccccc4-5)ccc23)cc1. The zero-order valence-electron chi connectivity index (χ0n) is 28.0. The van der Waals surface area contributed by atoms with E-state index in [1.807, 2.05) is 11.3 Å². The van der Waals surface area contributed by atoms with Gasteiger partial charge in [0.15, 0.2) is 0 Å². The second-order valence-electron chi connectivity index (χ2n) is 13.3. The first kappa shape index (κ1) is 29.7. The van der Waals surface area contributed by atoms with Crippen molar-refractivity contribution in [3.05, 3.63) is 193 Å². The van der Waals surface area contributed by atoms with Gasteiger partial charge < -0.3 is 9.80 Å². The Kier molecular flexibility index (Phi) is 7.18. The van der Waals surface area contributed by atoms with Crippen molar-refractivity contribution in [3.8, 4) is 11.1 Å². The van der Waals surface area contributed by atoms with Crippen LogP contribution in [0.1, 0.15) is 11.1 Å². The normalized spacial score (nSPS) is 12.2. The Hall–Kier alpha value is -6.16. The number of aryl methyl sites for hydroxylation is 1. The zero-order valence-corrected chi connectivity index (χ0v) is 28.9. The lowest BCUT2D eigenvalue weighted by molar-refractivity contribution is 0.938. The molecule has 0 saturated carbocycles. The summed E-state index contributed by atoms with van der Waals surface area (Å²) in [5.74, 6) is 0. The van der Waals surface area contributed by atoms with Crippen LogP contribution >= 0.6 is 11.3 Å². The summed E-state index contributed by atoms with van der Waals surface area (Å²) in [6.07, 6.45) is 2.08. The molecule has 0 spiro atoms. The van der Waals surface area contributed by atoms with Crippen molar-refractivity contribution in [2.24, 2.45) is 0 Å². The van der Waals surface area contributed by atoms with Crippen molar-refractivity contribution in [2.45, 2.75) is 12.8 Å². The van der Waals surface area contributed by atoms with E-state index in [0.717, 1.165) is 29.9 Å². The fraction of sp³-hybridized carbons (Fsp3) is 0.0417. The van der Waals surface area contributed by atoms with E-state index in [-0.39, 0.29) is 0 Å². The molecular formula is C48H34N2S. The molecule has 1 heterocycles. The molecule has 1 aliphatic rings. The van der Waals surface area contributed by atoms with Crippen LogP contribution in [0.15, 0.2) is 182 Å². The zero-order chi connectivity index (χ0) is 33.7. The van der Waals surface area contributed by atoms with Crippen molar-refractivity contribution in [1.82, 2.24) is 0 Å². The first-order valence-corrected chi connectivity index (χ1v) is 18.5. The number of benzene rings is 8. The van der Waals surface area contributed by atoms with Crippen LogP contribution in [-0.4, -0.2) is 0 Å². The van der Waals surface area contributed by atoms with Gasteiger partial charge >= 0.3 is 0 Å². The lowest BCUT2D eigenvalue weighted by atomic mass is 9.84. The number of hydrogen-bond donors (Lipinski definition) is 0. The highest BCUT2D eigenvalue weighted by molar-refractivity contribution is 7.25. The monoisotopic (exact) mass is 670 g/mol. The summed E-state index contributed by atoms with van der Waals surface area (Å²) < 4.78 is 2.56. The quantitative estimate of drug-likeness (QED) is 0.174. The smallest absolute Gasteiger partial charge is 0.0499 e. The first-order chi connectivity index (χ1) is 25.3. The second kappa shape index (κ2) is 12.3. The maximum atomic E-state index is 2.46. The third-order valence-electron chi connectivity index (χ3n) is 10.3. The molecule has 8 aromatic carbocycles. The summed E-state index contributed by atoms with van der Waals surface area (Å²) in [5, 5.41) is 5.06. The first-order valence-electron chi connectivity index (χ1n) is 17.6. The van der Waals surface area contributed by atoms with Crippen LogP contribution in [0, 0.1) is 0 Å². The van der Waals surface area contributed by atoms with E-state index in [1.165, 1.54) is 70.3 Å². The van der Waals surface area contributed by atoms with Crippen LogP contribution in [0.4, 0.5) is 34.1 Å². The Bertz CT molecular complexity index is 2710. The van der Waals surface area contributed by atoms with E-state index in [0.29, 0.717) is 0 Å². The fourth-order valence-corrected chi connectivity index (χ4v) is 9.11. The average Bonchev–Trinajstić information content (AvgIpc) is 3.56. The van der Waals surface area contributed by atoms with Crippen LogP contribution in [0.3, 0.4) is 0 Å². The molecule has 9 aromatic rings. The van der Waals surface area contributed by atoms with Crippen molar-refractivity contribution < 1.29 is 0 Å². The van der Waals surface area contributed by atoms with Gasteiger partial charge in [-0.2, -0.15) is 0 Å². The van der Waals surface area contributed by atoms with Gasteiger partial charge in [-0.1, -0.05) is 115 Å². The molecule has 0 atom stereocenters. The van der Waals surface area contributed by atoms with Gasteiger partial charge in [0.05, 0.1) is 0 Å². The molecule has 0 saturated heterocycles. The Morgan fingerprint density at radius 1 is 0.373 bits per heavy atom. The van der Waals surface area contributed by atoms with E-state index < -0.39 is 0 Å². The number of hydrogen-bond acceptors (Lipinski definition) is 3. The number of fused-ring (bicyclic) bond motifs is 7. The Morgan fingerprint density at radius 3 is 1.69 bits per heavy atom. The second-order valence-corrected chi connectivity index (χ2v) is 14.4. The molecule has 0 aliphatic heterocycles. The average molecular weight is 671 g/mol. The minimum atomic E-state index is 1.02. The van der Waals surface area contributed by atoms with E-state index in [4.69, 9.17) is 0 Å². The summed E-state index contributed by atoms with van der Waals surface area (Å²) in [5.41, 5.74) is 12.6. The standard InChI is InChI=1S/C48H34N2S/c1-3-15-36(16-4-1)49(38-24-22-33-12-7-8-14-35(33)30-38)39-25-28-44-45-29-26-40(32-48(45)51-47(44)31-39)50(37-17-5-2-6-18-37)46-21-11-20-42-41-19-10-9-13-34(41)23-27-43(42)46/h1-22,24-26,28-32H,23,27H2. The molecule has 3 heteroatoms. The summed E-state index contributed by atoms with van der Waals surface area (Å²) in [7, 11) is 0. The van der Waals surface area contributed by atoms with Crippen LogP contribution in [0.25, 0.3) is 42.1 Å².